The van der Waals surface area contributed by atoms with Crippen LogP contribution in [0.1, 0.15) is 6.42 Å². The standard InChI is InChI=1S/C15H17F3N4O2/c1-19-13-9-12(21-14(22-13)20-6-3-7-23)10-4-2-5-11(8-10)24-15(16,17)18/h2,4-5,8-9,23H,3,6-7H2,1H3,(H2,19,20,21,22). The summed E-state index contributed by atoms with van der Waals surface area (Å²) in [6.07, 6.45) is -4.23. The lowest BCUT2D eigenvalue weighted by Gasteiger charge is -2.12. The van der Waals surface area contributed by atoms with Crippen LogP contribution in [0.3, 0.4) is 0 Å². The maximum atomic E-state index is 12.3. The first kappa shape index (κ1) is 17.8. The number of aromatic nitrogens is 2. The van der Waals surface area contributed by atoms with Gasteiger partial charge in [-0.25, -0.2) is 4.98 Å². The third kappa shape index (κ3) is 5.27. The van der Waals surface area contributed by atoms with Crippen LogP contribution in [0.5, 0.6) is 5.75 Å². The minimum atomic E-state index is -4.75. The molecule has 0 aliphatic carbocycles. The summed E-state index contributed by atoms with van der Waals surface area (Å²) in [5.41, 5.74) is 0.898. The summed E-state index contributed by atoms with van der Waals surface area (Å²) >= 11 is 0. The van der Waals surface area contributed by atoms with E-state index in [1.165, 1.54) is 18.2 Å². The van der Waals surface area contributed by atoms with Crippen molar-refractivity contribution in [1.82, 2.24) is 9.97 Å². The van der Waals surface area contributed by atoms with Gasteiger partial charge >= 0.3 is 6.36 Å². The van der Waals surface area contributed by atoms with E-state index in [0.717, 1.165) is 0 Å². The van der Waals surface area contributed by atoms with Gasteiger partial charge in [0.05, 0.1) is 5.69 Å². The lowest BCUT2D eigenvalue weighted by atomic mass is 10.1. The predicted octanol–water partition coefficient (Wildman–Crippen LogP) is 2.88. The number of aliphatic hydroxyl groups excluding tert-OH is 1. The van der Waals surface area contributed by atoms with Crippen LogP contribution in [0.15, 0.2) is 30.3 Å². The molecule has 0 fully saturated rings. The molecule has 3 N–H and O–H groups in total. The van der Waals surface area contributed by atoms with Crippen molar-refractivity contribution in [1.29, 1.82) is 0 Å². The fourth-order valence-electron chi connectivity index (χ4n) is 1.93. The fraction of sp³-hybridized carbons (Fsp3) is 0.333. The SMILES string of the molecule is CNc1cc(-c2cccc(OC(F)(F)F)c2)nc(NCCCO)n1. The van der Waals surface area contributed by atoms with E-state index >= 15 is 0 Å². The first-order valence-corrected chi connectivity index (χ1v) is 7.19. The van der Waals surface area contributed by atoms with Gasteiger partial charge in [0, 0.05) is 31.8 Å². The number of hydrogen-bond acceptors (Lipinski definition) is 6. The van der Waals surface area contributed by atoms with Gasteiger partial charge in [0.2, 0.25) is 5.95 Å². The van der Waals surface area contributed by atoms with Crippen LogP contribution >= 0.6 is 0 Å². The third-order valence-electron chi connectivity index (χ3n) is 2.96. The summed E-state index contributed by atoms with van der Waals surface area (Å²) in [5, 5.41) is 14.6. The second-order valence-corrected chi connectivity index (χ2v) is 4.79. The molecule has 1 aromatic carbocycles. The highest BCUT2D eigenvalue weighted by Crippen LogP contribution is 2.28. The Hall–Kier alpha value is -2.55. The van der Waals surface area contributed by atoms with Gasteiger partial charge < -0.3 is 20.5 Å². The number of benzene rings is 1. The molecular weight excluding hydrogens is 325 g/mol. The molecule has 6 nitrogen and oxygen atoms in total. The number of nitrogens with zero attached hydrogens (tertiary/aromatic N) is 2. The van der Waals surface area contributed by atoms with E-state index in [2.05, 4.69) is 25.3 Å². The molecule has 0 aliphatic heterocycles. The molecule has 0 radical (unpaired) electrons. The zero-order chi connectivity index (χ0) is 17.6. The first-order valence-electron chi connectivity index (χ1n) is 7.19. The Balaban J connectivity index is 2.29. The lowest BCUT2D eigenvalue weighted by Crippen LogP contribution is -2.17. The Morgan fingerprint density at radius 2 is 2.00 bits per heavy atom. The van der Waals surface area contributed by atoms with Crippen LogP contribution in [0.4, 0.5) is 24.9 Å². The molecular formula is C15H17F3N4O2. The zero-order valence-corrected chi connectivity index (χ0v) is 12.9. The molecule has 9 heteroatoms. The van der Waals surface area contributed by atoms with Crippen LogP contribution < -0.4 is 15.4 Å². The van der Waals surface area contributed by atoms with Crippen LogP contribution in [0.2, 0.25) is 0 Å². The van der Waals surface area contributed by atoms with Crippen molar-refractivity contribution in [2.45, 2.75) is 12.8 Å². The molecule has 1 aromatic heterocycles. The normalized spacial score (nSPS) is 11.2. The molecule has 24 heavy (non-hydrogen) atoms. The summed E-state index contributed by atoms with van der Waals surface area (Å²) in [7, 11) is 1.67. The molecule has 0 unspecified atom stereocenters. The van der Waals surface area contributed by atoms with E-state index in [1.807, 2.05) is 0 Å². The Morgan fingerprint density at radius 3 is 2.67 bits per heavy atom. The number of alkyl halides is 3. The largest absolute Gasteiger partial charge is 0.573 e. The van der Waals surface area contributed by atoms with Gasteiger partial charge in [-0.2, -0.15) is 4.98 Å². The van der Waals surface area contributed by atoms with Gasteiger partial charge in [-0.05, 0) is 18.6 Å². The smallest absolute Gasteiger partial charge is 0.406 e. The zero-order valence-electron chi connectivity index (χ0n) is 12.9. The Bertz CT molecular complexity index is 680. The highest BCUT2D eigenvalue weighted by atomic mass is 19.4. The van der Waals surface area contributed by atoms with E-state index in [4.69, 9.17) is 5.11 Å². The quantitative estimate of drug-likeness (QED) is 0.672. The van der Waals surface area contributed by atoms with Crippen molar-refractivity contribution in [3.8, 4) is 17.0 Å². The molecule has 0 saturated carbocycles. The van der Waals surface area contributed by atoms with Crippen LogP contribution in [0, 0.1) is 0 Å². The van der Waals surface area contributed by atoms with E-state index in [0.29, 0.717) is 36.0 Å². The van der Waals surface area contributed by atoms with Gasteiger partial charge in [0.15, 0.2) is 0 Å². The summed E-state index contributed by atoms with van der Waals surface area (Å²) in [6, 6.07) is 7.17. The Kier molecular flexibility index (Phi) is 5.80. The summed E-state index contributed by atoms with van der Waals surface area (Å²) in [6.45, 7) is 0.503. The van der Waals surface area contributed by atoms with Gasteiger partial charge in [0.25, 0.3) is 0 Å². The predicted molar refractivity (Wildman–Crippen MR) is 83.9 cm³/mol. The number of hydrogen-bond donors (Lipinski definition) is 3. The molecule has 0 saturated heterocycles. The molecule has 2 rings (SSSR count). The van der Waals surface area contributed by atoms with Gasteiger partial charge in [0.1, 0.15) is 11.6 Å². The summed E-state index contributed by atoms with van der Waals surface area (Å²) in [4.78, 5) is 8.49. The lowest BCUT2D eigenvalue weighted by molar-refractivity contribution is -0.274. The number of aliphatic hydroxyl groups is 1. The van der Waals surface area contributed by atoms with Crippen molar-refractivity contribution in [3.63, 3.8) is 0 Å². The van der Waals surface area contributed by atoms with Crippen molar-refractivity contribution in [2.75, 3.05) is 30.8 Å². The Morgan fingerprint density at radius 1 is 1.21 bits per heavy atom. The molecule has 130 valence electrons. The molecule has 0 spiro atoms. The maximum absolute atomic E-state index is 12.3. The van der Waals surface area contributed by atoms with E-state index in [9.17, 15) is 13.2 Å². The molecule has 2 aromatic rings. The monoisotopic (exact) mass is 342 g/mol. The van der Waals surface area contributed by atoms with Crippen LogP contribution in [-0.4, -0.2) is 41.6 Å². The average molecular weight is 342 g/mol. The summed E-state index contributed by atoms with van der Waals surface area (Å²) < 4.78 is 41.0. The molecule has 1 heterocycles. The van der Waals surface area contributed by atoms with Crippen molar-refractivity contribution in [3.05, 3.63) is 30.3 Å². The van der Waals surface area contributed by atoms with Crippen LogP contribution in [-0.2, 0) is 0 Å². The Labute approximate surface area is 136 Å². The van der Waals surface area contributed by atoms with Gasteiger partial charge in [-0.15, -0.1) is 13.2 Å². The van der Waals surface area contributed by atoms with Crippen molar-refractivity contribution < 1.29 is 23.0 Å². The van der Waals surface area contributed by atoms with Crippen LogP contribution in [0.25, 0.3) is 11.3 Å². The van der Waals surface area contributed by atoms with Crippen molar-refractivity contribution >= 4 is 11.8 Å². The third-order valence-corrected chi connectivity index (χ3v) is 2.96. The maximum Gasteiger partial charge on any atom is 0.573 e. The number of nitrogens with one attached hydrogen (secondary N) is 2. The number of ether oxygens (including phenoxy) is 1. The first-order chi connectivity index (χ1) is 11.4. The summed E-state index contributed by atoms with van der Waals surface area (Å²) in [5.74, 6) is 0.500. The number of halogens is 3. The fourth-order valence-corrected chi connectivity index (χ4v) is 1.93. The number of rotatable bonds is 7. The average Bonchev–Trinajstić information content (AvgIpc) is 2.53. The highest BCUT2D eigenvalue weighted by Gasteiger charge is 2.31. The highest BCUT2D eigenvalue weighted by molar-refractivity contribution is 5.65. The topological polar surface area (TPSA) is 79.3 Å². The van der Waals surface area contributed by atoms with Crippen molar-refractivity contribution in [2.24, 2.45) is 0 Å². The second kappa shape index (κ2) is 7.82. The molecule has 0 aliphatic rings. The van der Waals surface area contributed by atoms with Gasteiger partial charge in [-0.1, -0.05) is 12.1 Å². The second-order valence-electron chi connectivity index (χ2n) is 4.79. The number of anilines is 2. The molecule has 0 amide bonds. The minimum absolute atomic E-state index is 0.0302. The van der Waals surface area contributed by atoms with E-state index in [1.54, 1.807) is 19.2 Å². The van der Waals surface area contributed by atoms with E-state index < -0.39 is 6.36 Å². The minimum Gasteiger partial charge on any atom is -0.406 e. The molecule has 0 atom stereocenters. The van der Waals surface area contributed by atoms with Gasteiger partial charge in [-0.3, -0.25) is 0 Å². The van der Waals surface area contributed by atoms with E-state index in [-0.39, 0.29) is 12.4 Å². The molecule has 0 bridgehead atoms.